The van der Waals surface area contributed by atoms with Gasteiger partial charge in [0, 0.05) is 5.56 Å². The van der Waals surface area contributed by atoms with Gasteiger partial charge in [-0.2, -0.15) is 4.98 Å². The number of hydrogen-bond donors (Lipinski definition) is 1. The molecule has 28 heavy (non-hydrogen) atoms. The van der Waals surface area contributed by atoms with Crippen LogP contribution in [-0.2, 0) is 22.0 Å². The van der Waals surface area contributed by atoms with Gasteiger partial charge >= 0.3 is 0 Å². The lowest BCUT2D eigenvalue weighted by Crippen LogP contribution is -2.23. The van der Waals surface area contributed by atoms with Crippen molar-refractivity contribution in [2.45, 2.75) is 44.6 Å². The number of halogens is 1. The molecule has 0 amide bonds. The molecular weight excluding hydrogens is 381 g/mol. The fourth-order valence-electron chi connectivity index (χ4n) is 2.59. The van der Waals surface area contributed by atoms with Gasteiger partial charge in [-0.05, 0) is 41.7 Å². The highest BCUT2D eigenvalue weighted by Gasteiger charge is 2.18. The minimum Gasteiger partial charge on any atom is -0.338 e. The SMILES string of the molecule is Cc1cc(S(=O)(=O)NCc2nc(-c3ccc(C(C)(C)C)cc3)no2)ccc1F. The zero-order valence-electron chi connectivity index (χ0n) is 16.2. The van der Waals surface area contributed by atoms with E-state index in [2.05, 4.69) is 35.6 Å². The van der Waals surface area contributed by atoms with E-state index in [0.717, 1.165) is 11.6 Å². The maximum atomic E-state index is 13.3. The third kappa shape index (κ3) is 4.45. The van der Waals surface area contributed by atoms with Crippen LogP contribution in [0.25, 0.3) is 11.4 Å². The maximum absolute atomic E-state index is 13.3. The first-order valence-corrected chi connectivity index (χ1v) is 10.2. The Hall–Kier alpha value is -2.58. The average molecular weight is 403 g/mol. The summed E-state index contributed by atoms with van der Waals surface area (Å²) < 4.78 is 45.6. The van der Waals surface area contributed by atoms with Gasteiger partial charge in [-0.15, -0.1) is 0 Å². The Morgan fingerprint density at radius 1 is 1.11 bits per heavy atom. The predicted molar refractivity (Wildman–Crippen MR) is 104 cm³/mol. The second kappa shape index (κ2) is 7.44. The first-order valence-electron chi connectivity index (χ1n) is 8.75. The van der Waals surface area contributed by atoms with E-state index >= 15 is 0 Å². The van der Waals surface area contributed by atoms with E-state index < -0.39 is 15.8 Å². The van der Waals surface area contributed by atoms with Crippen LogP contribution in [0.2, 0.25) is 0 Å². The first kappa shape index (κ1) is 20.2. The Kier molecular flexibility index (Phi) is 5.36. The number of aryl methyl sites for hydroxylation is 1. The maximum Gasteiger partial charge on any atom is 0.242 e. The van der Waals surface area contributed by atoms with Crippen LogP contribution in [0.15, 0.2) is 51.9 Å². The number of aromatic nitrogens is 2. The molecular formula is C20H22FN3O3S. The van der Waals surface area contributed by atoms with E-state index in [9.17, 15) is 12.8 Å². The number of nitrogens with one attached hydrogen (secondary N) is 1. The summed E-state index contributed by atoms with van der Waals surface area (Å²) in [5.41, 5.74) is 2.25. The number of nitrogens with zero attached hydrogens (tertiary/aromatic N) is 2. The lowest BCUT2D eigenvalue weighted by Gasteiger charge is -2.18. The second-order valence-corrected chi connectivity index (χ2v) is 9.34. The number of hydrogen-bond acceptors (Lipinski definition) is 5. The Morgan fingerprint density at radius 3 is 2.39 bits per heavy atom. The van der Waals surface area contributed by atoms with Crippen LogP contribution in [0.4, 0.5) is 4.39 Å². The van der Waals surface area contributed by atoms with E-state index in [1.807, 2.05) is 24.3 Å². The largest absolute Gasteiger partial charge is 0.338 e. The van der Waals surface area contributed by atoms with Gasteiger partial charge in [0.2, 0.25) is 21.7 Å². The molecule has 1 aromatic heterocycles. The summed E-state index contributed by atoms with van der Waals surface area (Å²) in [6.45, 7) is 7.73. The summed E-state index contributed by atoms with van der Waals surface area (Å²) in [7, 11) is -3.82. The van der Waals surface area contributed by atoms with Gasteiger partial charge in [0.25, 0.3) is 0 Å². The predicted octanol–water partition coefficient (Wildman–Crippen LogP) is 3.96. The molecule has 0 aliphatic rings. The molecule has 1 heterocycles. The van der Waals surface area contributed by atoms with Crippen molar-refractivity contribution in [2.24, 2.45) is 0 Å². The molecule has 0 radical (unpaired) electrons. The van der Waals surface area contributed by atoms with Gasteiger partial charge in [-0.3, -0.25) is 0 Å². The van der Waals surface area contributed by atoms with Gasteiger partial charge in [0.15, 0.2) is 0 Å². The summed E-state index contributed by atoms with van der Waals surface area (Å²) in [6, 6.07) is 11.4. The topological polar surface area (TPSA) is 85.1 Å². The van der Waals surface area contributed by atoms with Crippen molar-refractivity contribution < 1.29 is 17.3 Å². The summed E-state index contributed by atoms with van der Waals surface area (Å²) in [4.78, 5) is 4.21. The molecule has 2 aromatic carbocycles. The molecule has 0 aliphatic carbocycles. The van der Waals surface area contributed by atoms with Gasteiger partial charge < -0.3 is 4.52 Å². The molecule has 148 valence electrons. The normalized spacial score (nSPS) is 12.3. The fourth-order valence-corrected chi connectivity index (χ4v) is 3.65. The van der Waals surface area contributed by atoms with Crippen LogP contribution in [0, 0.1) is 12.7 Å². The molecule has 3 rings (SSSR count). The molecule has 0 spiro atoms. The molecule has 8 heteroatoms. The van der Waals surface area contributed by atoms with E-state index in [-0.39, 0.29) is 28.3 Å². The van der Waals surface area contributed by atoms with E-state index in [4.69, 9.17) is 4.52 Å². The van der Waals surface area contributed by atoms with Crippen molar-refractivity contribution in [1.82, 2.24) is 14.9 Å². The first-order chi connectivity index (χ1) is 13.1. The van der Waals surface area contributed by atoms with Gasteiger partial charge in [-0.1, -0.05) is 50.2 Å². The molecule has 0 saturated heterocycles. The molecule has 0 bridgehead atoms. The highest BCUT2D eigenvalue weighted by atomic mass is 32.2. The lowest BCUT2D eigenvalue weighted by molar-refractivity contribution is 0.376. The zero-order chi connectivity index (χ0) is 20.5. The molecule has 0 aliphatic heterocycles. The van der Waals surface area contributed by atoms with Crippen molar-refractivity contribution in [2.75, 3.05) is 0 Å². The summed E-state index contributed by atoms with van der Waals surface area (Å²) >= 11 is 0. The smallest absolute Gasteiger partial charge is 0.242 e. The summed E-state index contributed by atoms with van der Waals surface area (Å²) in [6.07, 6.45) is 0. The molecule has 0 fully saturated rings. The summed E-state index contributed by atoms with van der Waals surface area (Å²) in [5.74, 6) is 0.0579. The molecule has 6 nitrogen and oxygen atoms in total. The quantitative estimate of drug-likeness (QED) is 0.697. The van der Waals surface area contributed by atoms with Crippen LogP contribution in [0.3, 0.4) is 0 Å². The Balaban J connectivity index is 1.71. The van der Waals surface area contributed by atoms with Crippen molar-refractivity contribution >= 4 is 10.0 Å². The third-order valence-electron chi connectivity index (χ3n) is 4.33. The fraction of sp³-hybridized carbons (Fsp3) is 0.300. The summed E-state index contributed by atoms with van der Waals surface area (Å²) in [5, 5.41) is 3.91. The number of rotatable bonds is 5. The Bertz CT molecular complexity index is 1080. The average Bonchev–Trinajstić information content (AvgIpc) is 3.11. The van der Waals surface area contributed by atoms with Crippen LogP contribution >= 0.6 is 0 Å². The van der Waals surface area contributed by atoms with E-state index in [0.29, 0.717) is 5.82 Å². The highest BCUT2D eigenvalue weighted by Crippen LogP contribution is 2.25. The van der Waals surface area contributed by atoms with Crippen molar-refractivity contribution in [3.8, 4) is 11.4 Å². The number of sulfonamides is 1. The van der Waals surface area contributed by atoms with Crippen LogP contribution < -0.4 is 4.72 Å². The minimum absolute atomic E-state index is 0.0242. The van der Waals surface area contributed by atoms with Gasteiger partial charge in [-0.25, -0.2) is 17.5 Å². The zero-order valence-corrected chi connectivity index (χ0v) is 17.0. The van der Waals surface area contributed by atoms with Crippen molar-refractivity contribution in [1.29, 1.82) is 0 Å². The number of benzene rings is 2. The molecule has 3 aromatic rings. The van der Waals surface area contributed by atoms with Crippen LogP contribution in [0.1, 0.15) is 37.8 Å². The minimum atomic E-state index is -3.82. The monoisotopic (exact) mass is 403 g/mol. The van der Waals surface area contributed by atoms with Crippen molar-refractivity contribution in [3.05, 3.63) is 65.3 Å². The molecule has 0 atom stereocenters. The Labute approximate surface area is 163 Å². The molecule has 1 N–H and O–H groups in total. The van der Waals surface area contributed by atoms with Gasteiger partial charge in [0.1, 0.15) is 5.82 Å². The van der Waals surface area contributed by atoms with Gasteiger partial charge in [0.05, 0.1) is 11.4 Å². The molecule has 0 unspecified atom stereocenters. The van der Waals surface area contributed by atoms with Crippen LogP contribution in [0.5, 0.6) is 0 Å². The molecule has 0 saturated carbocycles. The van der Waals surface area contributed by atoms with E-state index in [1.165, 1.54) is 24.6 Å². The Morgan fingerprint density at radius 2 is 1.79 bits per heavy atom. The van der Waals surface area contributed by atoms with Crippen molar-refractivity contribution in [3.63, 3.8) is 0 Å². The third-order valence-corrected chi connectivity index (χ3v) is 5.73. The second-order valence-electron chi connectivity index (χ2n) is 7.57. The van der Waals surface area contributed by atoms with Crippen LogP contribution in [-0.4, -0.2) is 18.6 Å². The highest BCUT2D eigenvalue weighted by molar-refractivity contribution is 7.89. The standard InChI is InChI=1S/C20H22FN3O3S/c1-13-11-16(9-10-17(13)21)28(25,26)22-12-18-23-19(24-27-18)14-5-7-15(8-6-14)20(2,3)4/h5-11,22H,12H2,1-4H3. The van der Waals surface area contributed by atoms with E-state index in [1.54, 1.807) is 0 Å². The lowest BCUT2D eigenvalue weighted by atomic mass is 9.87.